The van der Waals surface area contributed by atoms with Gasteiger partial charge in [0.1, 0.15) is 5.60 Å². The third-order valence-corrected chi connectivity index (χ3v) is 4.17. The van der Waals surface area contributed by atoms with Gasteiger partial charge in [-0.25, -0.2) is 0 Å². The van der Waals surface area contributed by atoms with Crippen molar-refractivity contribution in [3.8, 4) is 0 Å². The zero-order valence-corrected chi connectivity index (χ0v) is 8.72. The Morgan fingerprint density at radius 3 is 2.46 bits per heavy atom. The van der Waals surface area contributed by atoms with Gasteiger partial charge in [0.15, 0.2) is 0 Å². The monoisotopic (exact) mass is 182 g/mol. The van der Waals surface area contributed by atoms with Crippen molar-refractivity contribution in [3.63, 3.8) is 0 Å². The predicted octanol–water partition coefficient (Wildman–Crippen LogP) is 2.52. The van der Waals surface area contributed by atoms with Crippen LogP contribution in [0.5, 0.6) is 0 Å². The van der Waals surface area contributed by atoms with Gasteiger partial charge in [0, 0.05) is 12.3 Å². The Morgan fingerprint density at radius 1 is 1.38 bits per heavy atom. The lowest BCUT2D eigenvalue weighted by atomic mass is 9.74. The van der Waals surface area contributed by atoms with E-state index in [1.807, 2.05) is 0 Å². The highest BCUT2D eigenvalue weighted by Gasteiger charge is 2.58. The van der Waals surface area contributed by atoms with Crippen LogP contribution in [-0.4, -0.2) is 11.6 Å². The molecule has 0 spiro atoms. The van der Waals surface area contributed by atoms with Gasteiger partial charge in [-0.15, -0.1) is 0 Å². The molecular weight excluding hydrogens is 164 g/mol. The predicted molar refractivity (Wildman–Crippen MR) is 50.2 cm³/mol. The summed E-state index contributed by atoms with van der Waals surface area (Å²) in [5, 5.41) is 0. The molecule has 2 aliphatic carbocycles. The van der Waals surface area contributed by atoms with E-state index in [1.54, 1.807) is 0 Å². The number of ether oxygens (including phenoxy) is 1. The van der Waals surface area contributed by atoms with Crippen LogP contribution in [0.2, 0.25) is 0 Å². The number of carbonyl (C=O) groups excluding carboxylic acids is 1. The first-order valence-corrected chi connectivity index (χ1v) is 5.15. The van der Waals surface area contributed by atoms with Crippen LogP contribution >= 0.6 is 0 Å². The first-order chi connectivity index (χ1) is 5.95. The standard InChI is InChI=1S/C11H18O2/c1-8(12)13-11(3)7-9-4-5-10(11,2)6-9/h9H,4-7H2,1-3H3. The van der Waals surface area contributed by atoms with Gasteiger partial charge in [0.2, 0.25) is 0 Å². The third-order valence-electron chi connectivity index (χ3n) is 4.17. The molecule has 0 radical (unpaired) electrons. The summed E-state index contributed by atoms with van der Waals surface area (Å²) in [6.45, 7) is 5.89. The molecule has 3 unspecified atom stereocenters. The highest BCUT2D eigenvalue weighted by molar-refractivity contribution is 5.66. The minimum Gasteiger partial charge on any atom is -0.459 e. The molecule has 0 heterocycles. The van der Waals surface area contributed by atoms with Crippen LogP contribution in [0.3, 0.4) is 0 Å². The largest absolute Gasteiger partial charge is 0.459 e. The van der Waals surface area contributed by atoms with Crippen LogP contribution in [0.15, 0.2) is 0 Å². The SMILES string of the molecule is CC(=O)OC1(C)CC2CCC1(C)C2. The van der Waals surface area contributed by atoms with E-state index in [9.17, 15) is 4.79 Å². The quantitative estimate of drug-likeness (QED) is 0.582. The number of carbonyl (C=O) groups is 1. The van der Waals surface area contributed by atoms with Crippen LogP contribution in [0.25, 0.3) is 0 Å². The molecule has 2 saturated carbocycles. The fourth-order valence-electron chi connectivity index (χ4n) is 3.30. The minimum absolute atomic E-state index is 0.128. The number of hydrogen-bond acceptors (Lipinski definition) is 2. The molecule has 2 heteroatoms. The van der Waals surface area contributed by atoms with Crippen LogP contribution in [-0.2, 0) is 9.53 Å². The Hall–Kier alpha value is -0.530. The van der Waals surface area contributed by atoms with Gasteiger partial charge >= 0.3 is 5.97 Å². The Morgan fingerprint density at radius 2 is 2.08 bits per heavy atom. The van der Waals surface area contributed by atoms with Crippen molar-refractivity contribution in [2.24, 2.45) is 11.3 Å². The highest BCUT2D eigenvalue weighted by atomic mass is 16.6. The summed E-state index contributed by atoms with van der Waals surface area (Å²) < 4.78 is 5.50. The first kappa shape index (κ1) is 9.04. The summed E-state index contributed by atoms with van der Waals surface area (Å²) in [4.78, 5) is 11.0. The molecule has 2 rings (SSSR count). The smallest absolute Gasteiger partial charge is 0.303 e. The molecule has 0 N–H and O–H groups in total. The molecule has 74 valence electrons. The van der Waals surface area contributed by atoms with Crippen LogP contribution in [0.4, 0.5) is 0 Å². The summed E-state index contributed by atoms with van der Waals surface area (Å²) in [6, 6.07) is 0. The van der Waals surface area contributed by atoms with Crippen molar-refractivity contribution in [2.75, 3.05) is 0 Å². The zero-order valence-electron chi connectivity index (χ0n) is 8.72. The molecule has 2 bridgehead atoms. The molecule has 0 aliphatic heterocycles. The van der Waals surface area contributed by atoms with Gasteiger partial charge < -0.3 is 4.74 Å². The van der Waals surface area contributed by atoms with Gasteiger partial charge in [-0.2, -0.15) is 0 Å². The topological polar surface area (TPSA) is 26.3 Å². The molecule has 3 atom stereocenters. The summed E-state index contributed by atoms with van der Waals surface area (Å²) in [5.41, 5.74) is 0.0745. The normalized spacial score (nSPS) is 48.1. The number of esters is 1. The Kier molecular flexibility index (Phi) is 1.73. The van der Waals surface area contributed by atoms with E-state index in [1.165, 1.54) is 26.2 Å². The number of rotatable bonds is 1. The Labute approximate surface area is 79.7 Å². The lowest BCUT2D eigenvalue weighted by Gasteiger charge is -2.41. The van der Waals surface area contributed by atoms with E-state index < -0.39 is 0 Å². The molecule has 0 aromatic heterocycles. The Bertz CT molecular complexity index is 248. The van der Waals surface area contributed by atoms with Crippen LogP contribution < -0.4 is 0 Å². The fourth-order valence-corrected chi connectivity index (χ4v) is 3.30. The number of hydrogen-bond donors (Lipinski definition) is 0. The van der Waals surface area contributed by atoms with E-state index in [2.05, 4.69) is 13.8 Å². The van der Waals surface area contributed by atoms with Gasteiger partial charge in [-0.1, -0.05) is 6.92 Å². The molecule has 2 nitrogen and oxygen atoms in total. The van der Waals surface area contributed by atoms with E-state index in [-0.39, 0.29) is 17.0 Å². The van der Waals surface area contributed by atoms with Crippen LogP contribution in [0.1, 0.15) is 46.5 Å². The van der Waals surface area contributed by atoms with E-state index >= 15 is 0 Å². The first-order valence-electron chi connectivity index (χ1n) is 5.15. The van der Waals surface area contributed by atoms with E-state index in [0.717, 1.165) is 12.3 Å². The van der Waals surface area contributed by atoms with Gasteiger partial charge in [-0.05, 0) is 38.5 Å². The zero-order chi connectivity index (χ0) is 9.69. The van der Waals surface area contributed by atoms with E-state index in [4.69, 9.17) is 4.74 Å². The van der Waals surface area contributed by atoms with E-state index in [0.29, 0.717) is 0 Å². The van der Waals surface area contributed by atoms with Gasteiger partial charge in [0.25, 0.3) is 0 Å². The molecule has 0 aromatic rings. The lowest BCUT2D eigenvalue weighted by Crippen LogP contribution is -2.43. The second-order valence-electron chi connectivity index (χ2n) is 5.20. The van der Waals surface area contributed by atoms with Crippen molar-refractivity contribution in [3.05, 3.63) is 0 Å². The molecule has 2 fully saturated rings. The summed E-state index contributed by atoms with van der Waals surface area (Å²) in [5.74, 6) is 0.672. The maximum absolute atomic E-state index is 11.0. The minimum atomic E-state index is -0.179. The second kappa shape index (κ2) is 2.49. The molecule has 0 aromatic carbocycles. The molecule has 0 amide bonds. The Balaban J connectivity index is 2.20. The molecular formula is C11H18O2. The summed E-state index contributed by atoms with van der Waals surface area (Å²) in [6.07, 6.45) is 4.87. The molecule has 13 heavy (non-hydrogen) atoms. The van der Waals surface area contributed by atoms with Gasteiger partial charge in [0.05, 0.1) is 0 Å². The average Bonchev–Trinajstić information content (AvgIpc) is 2.39. The maximum atomic E-state index is 11.0. The van der Waals surface area contributed by atoms with Crippen molar-refractivity contribution < 1.29 is 9.53 Å². The fraction of sp³-hybridized carbons (Fsp3) is 0.909. The van der Waals surface area contributed by atoms with Crippen molar-refractivity contribution >= 4 is 5.97 Å². The maximum Gasteiger partial charge on any atom is 0.303 e. The van der Waals surface area contributed by atoms with Crippen molar-refractivity contribution in [1.82, 2.24) is 0 Å². The average molecular weight is 182 g/mol. The lowest BCUT2D eigenvalue weighted by molar-refractivity contribution is -0.168. The number of fused-ring (bicyclic) bond motifs is 2. The van der Waals surface area contributed by atoms with Crippen molar-refractivity contribution in [1.29, 1.82) is 0 Å². The highest BCUT2D eigenvalue weighted by Crippen LogP contribution is 2.60. The summed E-state index contributed by atoms with van der Waals surface area (Å²) >= 11 is 0. The van der Waals surface area contributed by atoms with Crippen molar-refractivity contribution in [2.45, 2.75) is 52.1 Å². The third kappa shape index (κ3) is 1.18. The molecule has 2 aliphatic rings. The summed E-state index contributed by atoms with van der Waals surface area (Å²) in [7, 11) is 0. The second-order valence-corrected chi connectivity index (χ2v) is 5.20. The van der Waals surface area contributed by atoms with Gasteiger partial charge in [-0.3, -0.25) is 4.79 Å². The molecule has 0 saturated heterocycles. The van der Waals surface area contributed by atoms with Crippen LogP contribution in [0, 0.1) is 11.3 Å².